The third-order valence-electron chi connectivity index (χ3n) is 9.82. The molecule has 0 N–H and O–H groups in total. The van der Waals surface area contributed by atoms with E-state index < -0.39 is 0 Å². The number of para-hydroxylation sites is 2. The van der Waals surface area contributed by atoms with Crippen molar-refractivity contribution in [3.8, 4) is 33.4 Å². The van der Waals surface area contributed by atoms with E-state index in [4.69, 9.17) is 4.42 Å². The van der Waals surface area contributed by atoms with Crippen molar-refractivity contribution >= 4 is 65.0 Å². The largest absolute Gasteiger partial charge is 0.455 e. The van der Waals surface area contributed by atoms with E-state index in [0.29, 0.717) is 0 Å². The molecule has 0 saturated heterocycles. The molecule has 1 nitrogen and oxygen atoms in total. The summed E-state index contributed by atoms with van der Waals surface area (Å²) in [5.74, 6) is 0. The van der Waals surface area contributed by atoms with Gasteiger partial charge in [-0.15, -0.1) is 0 Å². The molecule has 0 amide bonds. The number of hydrogen-bond acceptors (Lipinski definition) is 1. The predicted molar refractivity (Wildman–Crippen MR) is 200 cm³/mol. The first-order valence-corrected chi connectivity index (χ1v) is 16.2. The number of furan rings is 1. The normalized spacial score (nSPS) is 11.8. The fourth-order valence-corrected chi connectivity index (χ4v) is 7.71. The van der Waals surface area contributed by atoms with Crippen molar-refractivity contribution in [2.24, 2.45) is 0 Å². The average molecular weight is 597 g/mol. The van der Waals surface area contributed by atoms with E-state index in [2.05, 4.69) is 164 Å². The molecule has 47 heavy (non-hydrogen) atoms. The van der Waals surface area contributed by atoms with Gasteiger partial charge in [-0.25, -0.2) is 0 Å². The van der Waals surface area contributed by atoms with Crippen LogP contribution in [0.4, 0.5) is 0 Å². The highest BCUT2D eigenvalue weighted by atomic mass is 16.3. The van der Waals surface area contributed by atoms with Crippen LogP contribution in [0.25, 0.3) is 98.4 Å². The van der Waals surface area contributed by atoms with Gasteiger partial charge in [-0.05, 0) is 83.5 Å². The summed E-state index contributed by atoms with van der Waals surface area (Å²) in [6, 6.07) is 61.6. The Morgan fingerprint density at radius 2 is 0.936 bits per heavy atom. The Morgan fingerprint density at radius 3 is 1.81 bits per heavy atom. The van der Waals surface area contributed by atoms with Gasteiger partial charge in [0.2, 0.25) is 0 Å². The Labute approximate surface area is 271 Å². The Balaban J connectivity index is 1.32. The molecule has 9 aromatic carbocycles. The average Bonchev–Trinajstić information content (AvgIpc) is 3.53. The quantitative estimate of drug-likeness (QED) is 0.146. The van der Waals surface area contributed by atoms with Gasteiger partial charge in [-0.1, -0.05) is 152 Å². The van der Waals surface area contributed by atoms with Gasteiger partial charge in [0.1, 0.15) is 11.2 Å². The molecule has 0 aliphatic rings. The smallest absolute Gasteiger partial charge is 0.143 e. The molecule has 1 heteroatoms. The summed E-state index contributed by atoms with van der Waals surface area (Å²) in [6.07, 6.45) is 0. The molecule has 0 aliphatic carbocycles. The molecular formula is C46H28O. The highest BCUT2D eigenvalue weighted by Crippen LogP contribution is 2.48. The molecule has 0 spiro atoms. The van der Waals surface area contributed by atoms with Crippen molar-refractivity contribution in [2.45, 2.75) is 0 Å². The van der Waals surface area contributed by atoms with Crippen molar-refractivity contribution in [1.29, 1.82) is 0 Å². The molecule has 218 valence electrons. The minimum absolute atomic E-state index is 0.913. The lowest BCUT2D eigenvalue weighted by molar-refractivity contribution is 0.670. The summed E-state index contributed by atoms with van der Waals surface area (Å²) in [7, 11) is 0. The van der Waals surface area contributed by atoms with Crippen molar-refractivity contribution < 1.29 is 4.42 Å². The second-order valence-electron chi connectivity index (χ2n) is 12.4. The van der Waals surface area contributed by atoms with Gasteiger partial charge in [0.05, 0.1) is 0 Å². The summed E-state index contributed by atoms with van der Waals surface area (Å²) in [5.41, 5.74) is 9.07. The molecular weight excluding hydrogens is 569 g/mol. The maximum Gasteiger partial charge on any atom is 0.143 e. The molecule has 0 radical (unpaired) electrons. The number of fused-ring (bicyclic) bond motifs is 8. The van der Waals surface area contributed by atoms with Gasteiger partial charge >= 0.3 is 0 Å². The summed E-state index contributed by atoms with van der Waals surface area (Å²) in [5, 5.41) is 12.2. The van der Waals surface area contributed by atoms with E-state index >= 15 is 0 Å². The molecule has 10 aromatic rings. The summed E-state index contributed by atoms with van der Waals surface area (Å²) >= 11 is 0. The van der Waals surface area contributed by atoms with Crippen LogP contribution in [-0.4, -0.2) is 0 Å². The van der Waals surface area contributed by atoms with Crippen molar-refractivity contribution in [3.63, 3.8) is 0 Å². The SMILES string of the molecule is c1cc(-c2ccc3ccccc3c2)cc(-c2c3ccccc3c(-c3cccc4c3oc3ccccc34)c3c2ccc2ccccc23)c1. The van der Waals surface area contributed by atoms with E-state index in [0.717, 1.165) is 27.5 Å². The number of rotatable bonds is 3. The topological polar surface area (TPSA) is 13.1 Å². The maximum absolute atomic E-state index is 6.66. The number of benzene rings is 9. The van der Waals surface area contributed by atoms with Crippen LogP contribution in [0, 0.1) is 0 Å². The van der Waals surface area contributed by atoms with Gasteiger partial charge in [-0.2, -0.15) is 0 Å². The first-order chi connectivity index (χ1) is 23.3. The second kappa shape index (κ2) is 10.2. The van der Waals surface area contributed by atoms with E-state index in [9.17, 15) is 0 Å². The van der Waals surface area contributed by atoms with Crippen molar-refractivity contribution in [3.05, 3.63) is 170 Å². The molecule has 1 aromatic heterocycles. The van der Waals surface area contributed by atoms with Crippen molar-refractivity contribution in [1.82, 2.24) is 0 Å². The van der Waals surface area contributed by atoms with E-state index in [1.54, 1.807) is 0 Å². The minimum atomic E-state index is 0.913. The Kier molecular flexibility index (Phi) is 5.64. The molecule has 0 aliphatic heterocycles. The lowest BCUT2D eigenvalue weighted by Crippen LogP contribution is -1.93. The van der Waals surface area contributed by atoms with Crippen LogP contribution >= 0.6 is 0 Å². The zero-order valence-corrected chi connectivity index (χ0v) is 25.6. The van der Waals surface area contributed by atoms with Crippen LogP contribution < -0.4 is 0 Å². The lowest BCUT2D eigenvalue weighted by atomic mass is 9.83. The van der Waals surface area contributed by atoms with Gasteiger partial charge < -0.3 is 4.42 Å². The minimum Gasteiger partial charge on any atom is -0.455 e. The van der Waals surface area contributed by atoms with Crippen LogP contribution in [0.15, 0.2) is 174 Å². The van der Waals surface area contributed by atoms with E-state index in [1.807, 2.05) is 6.07 Å². The zero-order valence-electron chi connectivity index (χ0n) is 25.6. The standard InChI is InChI=1S/C46H28O/c1-2-13-31-27-33(24-23-29(31)11-1)32-14-9-15-34(28-32)43-37-18-5-6-19-38(37)45(44-35-16-4-3-12-30(35)25-26-40(43)44)41-21-10-20-39-36-17-7-8-22-42(36)47-46(39)41/h1-28H. The molecule has 0 atom stereocenters. The number of hydrogen-bond donors (Lipinski definition) is 0. The lowest BCUT2D eigenvalue weighted by Gasteiger charge is -2.20. The Hall–Kier alpha value is -6.18. The van der Waals surface area contributed by atoms with Crippen LogP contribution in [0.1, 0.15) is 0 Å². The zero-order chi connectivity index (χ0) is 30.9. The predicted octanol–water partition coefficient (Wildman–Crippen LogP) is 13.2. The summed E-state index contributed by atoms with van der Waals surface area (Å²) < 4.78 is 6.66. The van der Waals surface area contributed by atoms with E-state index in [1.165, 1.54) is 70.9 Å². The van der Waals surface area contributed by atoms with Crippen molar-refractivity contribution in [2.75, 3.05) is 0 Å². The molecule has 0 saturated carbocycles. The second-order valence-corrected chi connectivity index (χ2v) is 12.4. The fourth-order valence-electron chi connectivity index (χ4n) is 7.71. The van der Waals surface area contributed by atoms with Gasteiger partial charge in [0.25, 0.3) is 0 Å². The van der Waals surface area contributed by atoms with Crippen LogP contribution in [-0.2, 0) is 0 Å². The Bertz CT molecular complexity index is 2850. The monoisotopic (exact) mass is 596 g/mol. The van der Waals surface area contributed by atoms with Gasteiger partial charge in [0.15, 0.2) is 0 Å². The maximum atomic E-state index is 6.66. The molecule has 0 bridgehead atoms. The molecule has 10 rings (SSSR count). The summed E-state index contributed by atoms with van der Waals surface area (Å²) in [4.78, 5) is 0. The highest BCUT2D eigenvalue weighted by Gasteiger charge is 2.22. The van der Waals surface area contributed by atoms with Crippen LogP contribution in [0.2, 0.25) is 0 Å². The third-order valence-corrected chi connectivity index (χ3v) is 9.82. The fraction of sp³-hybridized carbons (Fsp3) is 0. The molecule has 0 fully saturated rings. The third kappa shape index (κ3) is 3.97. The van der Waals surface area contributed by atoms with Crippen LogP contribution in [0.5, 0.6) is 0 Å². The van der Waals surface area contributed by atoms with Gasteiger partial charge in [0, 0.05) is 21.9 Å². The molecule has 1 heterocycles. The molecule has 0 unspecified atom stereocenters. The van der Waals surface area contributed by atoms with Crippen LogP contribution in [0.3, 0.4) is 0 Å². The summed E-state index contributed by atoms with van der Waals surface area (Å²) in [6.45, 7) is 0. The highest BCUT2D eigenvalue weighted by molar-refractivity contribution is 6.29. The van der Waals surface area contributed by atoms with Gasteiger partial charge in [-0.3, -0.25) is 0 Å². The first kappa shape index (κ1) is 26.1. The first-order valence-electron chi connectivity index (χ1n) is 16.2. The van der Waals surface area contributed by atoms with E-state index in [-0.39, 0.29) is 0 Å². The Morgan fingerprint density at radius 1 is 0.319 bits per heavy atom.